The second-order valence-corrected chi connectivity index (χ2v) is 7.91. The first-order chi connectivity index (χ1) is 13.7. The van der Waals surface area contributed by atoms with E-state index in [1.54, 1.807) is 12.1 Å². The number of amides is 1. The minimum Gasteiger partial charge on any atom is -0.349 e. The summed E-state index contributed by atoms with van der Waals surface area (Å²) in [5.41, 5.74) is 0.0786. The third-order valence-corrected chi connectivity index (χ3v) is 5.58. The minimum atomic E-state index is -4.56. The number of nitrogens with zero attached hydrogens (tertiary/aromatic N) is 3. The van der Waals surface area contributed by atoms with E-state index >= 15 is 0 Å². The van der Waals surface area contributed by atoms with Crippen LogP contribution in [0.15, 0.2) is 41.7 Å². The van der Waals surface area contributed by atoms with E-state index < -0.39 is 11.7 Å². The molecule has 0 fully saturated rings. The lowest BCUT2D eigenvalue weighted by Crippen LogP contribution is -2.29. The number of nitrogens with one attached hydrogen (secondary N) is 1. The summed E-state index contributed by atoms with van der Waals surface area (Å²) >= 11 is 12.7. The Hall–Kier alpha value is -1.97. The van der Waals surface area contributed by atoms with Crippen molar-refractivity contribution in [2.45, 2.75) is 30.7 Å². The Bertz CT molecular complexity index is 1020. The summed E-state index contributed by atoms with van der Waals surface area (Å²) in [4.78, 5) is 12.4. The van der Waals surface area contributed by atoms with Crippen molar-refractivity contribution in [2.75, 3.05) is 5.75 Å². The Kier molecular flexibility index (Phi) is 6.60. The van der Waals surface area contributed by atoms with Crippen LogP contribution in [0.25, 0.3) is 5.65 Å². The van der Waals surface area contributed by atoms with Gasteiger partial charge in [-0.05, 0) is 30.2 Å². The quantitative estimate of drug-likeness (QED) is 0.497. The van der Waals surface area contributed by atoms with Crippen molar-refractivity contribution in [3.63, 3.8) is 0 Å². The van der Waals surface area contributed by atoms with Crippen molar-refractivity contribution in [3.8, 4) is 0 Å². The number of aromatic nitrogens is 3. The molecule has 1 unspecified atom stereocenters. The van der Waals surface area contributed by atoms with Gasteiger partial charge in [-0.3, -0.25) is 9.20 Å². The molecule has 154 valence electrons. The first-order valence-corrected chi connectivity index (χ1v) is 10.2. The molecule has 5 nitrogen and oxygen atoms in total. The zero-order valence-electron chi connectivity index (χ0n) is 15.0. The Morgan fingerprint density at radius 3 is 2.55 bits per heavy atom. The van der Waals surface area contributed by atoms with Gasteiger partial charge in [0.1, 0.15) is 0 Å². The number of hydrogen-bond donors (Lipinski definition) is 1. The van der Waals surface area contributed by atoms with Gasteiger partial charge in [-0.2, -0.15) is 13.2 Å². The van der Waals surface area contributed by atoms with Crippen LogP contribution in [0.5, 0.6) is 0 Å². The predicted molar refractivity (Wildman–Crippen MR) is 106 cm³/mol. The summed E-state index contributed by atoms with van der Waals surface area (Å²) < 4.78 is 40.2. The third kappa shape index (κ3) is 5.15. The fourth-order valence-electron chi connectivity index (χ4n) is 2.67. The summed E-state index contributed by atoms with van der Waals surface area (Å²) in [6.07, 6.45) is -3.03. The van der Waals surface area contributed by atoms with Gasteiger partial charge in [0.25, 0.3) is 0 Å². The Balaban J connectivity index is 1.72. The fraction of sp³-hybridized carbons (Fsp3) is 0.278. The van der Waals surface area contributed by atoms with E-state index in [2.05, 4.69) is 15.5 Å². The molecule has 29 heavy (non-hydrogen) atoms. The standard InChI is InChI=1S/C18H15Cl2F3N4OS/c1-2-14(10-3-5-12(19)6-4-10)24-15(28)9-29-17-26-25-16-13(20)7-11(8-27(16)17)18(21,22)23/h3-8,14H,2,9H2,1H3,(H,24,28). The molecule has 0 bridgehead atoms. The van der Waals surface area contributed by atoms with E-state index in [-0.39, 0.29) is 33.5 Å². The van der Waals surface area contributed by atoms with Crippen molar-refractivity contribution in [2.24, 2.45) is 0 Å². The van der Waals surface area contributed by atoms with E-state index in [0.29, 0.717) is 11.4 Å². The smallest absolute Gasteiger partial charge is 0.349 e. The van der Waals surface area contributed by atoms with Crippen LogP contribution >= 0.6 is 35.0 Å². The number of rotatable bonds is 6. The van der Waals surface area contributed by atoms with Gasteiger partial charge in [0.05, 0.1) is 22.4 Å². The molecule has 1 amide bonds. The normalized spacial score (nSPS) is 12.9. The van der Waals surface area contributed by atoms with Crippen molar-refractivity contribution in [1.82, 2.24) is 19.9 Å². The highest BCUT2D eigenvalue weighted by molar-refractivity contribution is 7.99. The van der Waals surface area contributed by atoms with Gasteiger partial charge >= 0.3 is 6.18 Å². The summed E-state index contributed by atoms with van der Waals surface area (Å²) in [7, 11) is 0. The van der Waals surface area contributed by atoms with Crippen LogP contribution in [0.4, 0.5) is 13.2 Å². The van der Waals surface area contributed by atoms with Crippen LogP contribution in [0, 0.1) is 0 Å². The van der Waals surface area contributed by atoms with E-state index in [0.717, 1.165) is 34.0 Å². The second kappa shape index (κ2) is 8.81. The third-order valence-electron chi connectivity index (χ3n) is 4.10. The Morgan fingerprint density at radius 1 is 1.24 bits per heavy atom. The molecular weight excluding hydrogens is 448 g/mol. The number of fused-ring (bicyclic) bond motifs is 1. The maximum Gasteiger partial charge on any atom is 0.417 e. The highest BCUT2D eigenvalue weighted by Crippen LogP contribution is 2.33. The van der Waals surface area contributed by atoms with E-state index in [1.807, 2.05) is 19.1 Å². The van der Waals surface area contributed by atoms with Crippen molar-refractivity contribution in [3.05, 3.63) is 57.7 Å². The number of benzene rings is 1. The van der Waals surface area contributed by atoms with Gasteiger partial charge in [-0.25, -0.2) is 0 Å². The summed E-state index contributed by atoms with van der Waals surface area (Å²) in [5.74, 6) is -0.328. The molecule has 0 saturated heterocycles. The van der Waals surface area contributed by atoms with Gasteiger partial charge in [0, 0.05) is 11.2 Å². The molecule has 2 aromatic heterocycles. The second-order valence-electron chi connectivity index (χ2n) is 6.12. The lowest BCUT2D eigenvalue weighted by molar-refractivity contribution is -0.137. The first kappa shape index (κ1) is 21.7. The lowest BCUT2D eigenvalue weighted by Gasteiger charge is -2.17. The molecule has 1 N–H and O–H groups in total. The Labute approximate surface area is 178 Å². The number of carbonyl (C=O) groups excluding carboxylic acids is 1. The minimum absolute atomic E-state index is 0.0429. The average Bonchev–Trinajstić information content (AvgIpc) is 3.08. The van der Waals surface area contributed by atoms with Gasteiger partial charge < -0.3 is 5.32 Å². The molecular formula is C18H15Cl2F3N4OS. The Morgan fingerprint density at radius 2 is 1.93 bits per heavy atom. The highest BCUT2D eigenvalue weighted by atomic mass is 35.5. The van der Waals surface area contributed by atoms with Crippen LogP contribution in [-0.2, 0) is 11.0 Å². The molecule has 1 aromatic carbocycles. The molecule has 0 aliphatic rings. The number of halogens is 5. The summed E-state index contributed by atoms with van der Waals surface area (Å²) in [6.45, 7) is 1.93. The molecule has 0 aliphatic carbocycles. The van der Waals surface area contributed by atoms with E-state index in [1.165, 1.54) is 0 Å². The first-order valence-electron chi connectivity index (χ1n) is 8.48. The number of carbonyl (C=O) groups is 1. The molecule has 0 aliphatic heterocycles. The largest absolute Gasteiger partial charge is 0.417 e. The molecule has 2 heterocycles. The van der Waals surface area contributed by atoms with Gasteiger partial charge in [0.15, 0.2) is 10.8 Å². The zero-order valence-corrected chi connectivity index (χ0v) is 17.3. The molecule has 0 saturated carbocycles. The number of thioether (sulfide) groups is 1. The van der Waals surface area contributed by atoms with Gasteiger partial charge in [-0.1, -0.05) is 54.0 Å². The SMILES string of the molecule is CCC(NC(=O)CSc1nnc2c(Cl)cc(C(F)(F)F)cn12)c1ccc(Cl)cc1. The molecule has 0 radical (unpaired) electrons. The summed E-state index contributed by atoms with van der Waals surface area (Å²) in [6, 6.07) is 7.73. The van der Waals surface area contributed by atoms with Crippen LogP contribution < -0.4 is 5.32 Å². The van der Waals surface area contributed by atoms with Crippen molar-refractivity contribution in [1.29, 1.82) is 0 Å². The average molecular weight is 463 g/mol. The monoisotopic (exact) mass is 462 g/mol. The van der Waals surface area contributed by atoms with Crippen LogP contribution in [0.3, 0.4) is 0 Å². The van der Waals surface area contributed by atoms with Crippen LogP contribution in [0.1, 0.15) is 30.5 Å². The maximum absolute atomic E-state index is 13.0. The number of pyridine rings is 1. The highest BCUT2D eigenvalue weighted by Gasteiger charge is 2.32. The maximum atomic E-state index is 13.0. The van der Waals surface area contributed by atoms with E-state index in [4.69, 9.17) is 23.2 Å². The zero-order chi connectivity index (χ0) is 21.2. The van der Waals surface area contributed by atoms with Crippen molar-refractivity contribution < 1.29 is 18.0 Å². The molecule has 3 rings (SSSR count). The van der Waals surface area contributed by atoms with Gasteiger partial charge in [-0.15, -0.1) is 10.2 Å². The fourth-order valence-corrected chi connectivity index (χ4v) is 3.76. The molecule has 11 heteroatoms. The molecule has 0 spiro atoms. The number of alkyl halides is 3. The molecule has 1 atom stereocenters. The lowest BCUT2D eigenvalue weighted by atomic mass is 10.0. The van der Waals surface area contributed by atoms with Crippen LogP contribution in [-0.4, -0.2) is 26.3 Å². The van der Waals surface area contributed by atoms with Crippen LogP contribution in [0.2, 0.25) is 10.0 Å². The topological polar surface area (TPSA) is 59.3 Å². The summed E-state index contributed by atoms with van der Waals surface area (Å²) in [5, 5.41) is 11.1. The predicted octanol–water partition coefficient (Wildman–Crippen LogP) is 5.41. The molecule has 3 aromatic rings. The van der Waals surface area contributed by atoms with Crippen molar-refractivity contribution >= 4 is 46.5 Å². The number of hydrogen-bond acceptors (Lipinski definition) is 4. The van der Waals surface area contributed by atoms with E-state index in [9.17, 15) is 18.0 Å². The van der Waals surface area contributed by atoms with Gasteiger partial charge in [0.2, 0.25) is 5.91 Å².